The molecule has 0 saturated carbocycles. The van der Waals surface area contributed by atoms with Crippen molar-refractivity contribution in [2.45, 2.75) is 0 Å². The topological polar surface area (TPSA) is 41.6 Å². The average molecular weight is 256 g/mol. The van der Waals surface area contributed by atoms with Gasteiger partial charge in [-0.15, -0.1) is 0 Å². The first-order chi connectivity index (χ1) is 8.83. The molecule has 0 aliphatic carbocycles. The van der Waals surface area contributed by atoms with E-state index in [1.165, 1.54) is 0 Å². The number of hydrogen-bond acceptors (Lipinski definition) is 2. The van der Waals surface area contributed by atoms with Gasteiger partial charge in [-0.3, -0.25) is 0 Å². The van der Waals surface area contributed by atoms with Gasteiger partial charge < -0.3 is 4.98 Å². The van der Waals surface area contributed by atoms with Gasteiger partial charge in [-0.2, -0.15) is 0 Å². The number of nitrogens with one attached hydrogen (secondary N) is 1. The molecular formula is C14H10ClN3. The molecule has 0 amide bonds. The second kappa shape index (κ2) is 4.63. The van der Waals surface area contributed by atoms with Gasteiger partial charge in [0.2, 0.25) is 0 Å². The number of aromatic amines is 1. The third-order valence-corrected chi connectivity index (χ3v) is 2.79. The molecule has 3 aromatic rings. The van der Waals surface area contributed by atoms with Crippen molar-refractivity contribution in [1.29, 1.82) is 0 Å². The average Bonchev–Trinajstić information content (AvgIpc) is 2.93. The van der Waals surface area contributed by atoms with Crippen LogP contribution in [0.4, 0.5) is 0 Å². The normalized spacial score (nSPS) is 10.5. The lowest BCUT2D eigenvalue weighted by molar-refractivity contribution is 1.17. The minimum absolute atomic E-state index is 0.438. The number of H-pyrrole nitrogens is 1. The van der Waals surface area contributed by atoms with E-state index in [-0.39, 0.29) is 0 Å². The third kappa shape index (κ3) is 2.13. The zero-order chi connectivity index (χ0) is 12.4. The smallest absolute Gasteiger partial charge is 0.161 e. The Kier molecular flexibility index (Phi) is 2.82. The van der Waals surface area contributed by atoms with Gasteiger partial charge in [0.15, 0.2) is 5.82 Å². The summed E-state index contributed by atoms with van der Waals surface area (Å²) in [5, 5.41) is 0.438. The maximum absolute atomic E-state index is 6.05. The fourth-order valence-electron chi connectivity index (χ4n) is 1.76. The summed E-state index contributed by atoms with van der Waals surface area (Å²) in [4.78, 5) is 11.9. The lowest BCUT2D eigenvalue weighted by atomic mass is 10.2. The van der Waals surface area contributed by atoms with E-state index in [0.29, 0.717) is 11.0 Å². The second-order valence-electron chi connectivity index (χ2n) is 3.85. The predicted molar refractivity (Wildman–Crippen MR) is 72.3 cm³/mol. The Morgan fingerprint density at radius 3 is 2.50 bits per heavy atom. The number of nitrogens with zero attached hydrogens (tertiary/aromatic N) is 2. The summed E-state index contributed by atoms with van der Waals surface area (Å²) in [6, 6.07) is 15.4. The van der Waals surface area contributed by atoms with Crippen molar-refractivity contribution in [3.8, 4) is 22.8 Å². The molecule has 18 heavy (non-hydrogen) atoms. The van der Waals surface area contributed by atoms with Crippen molar-refractivity contribution in [1.82, 2.24) is 15.0 Å². The van der Waals surface area contributed by atoms with Crippen molar-refractivity contribution < 1.29 is 0 Å². The summed E-state index contributed by atoms with van der Waals surface area (Å²) >= 11 is 6.05. The molecule has 0 aliphatic heterocycles. The Hall–Kier alpha value is -2.13. The van der Waals surface area contributed by atoms with E-state index >= 15 is 0 Å². The molecular weight excluding hydrogens is 246 g/mol. The molecule has 0 atom stereocenters. The van der Waals surface area contributed by atoms with Crippen LogP contribution in [-0.4, -0.2) is 15.0 Å². The van der Waals surface area contributed by atoms with E-state index in [0.717, 1.165) is 17.0 Å². The number of benzene rings is 1. The summed E-state index contributed by atoms with van der Waals surface area (Å²) in [5.74, 6) is 0.632. The standard InChI is InChI=1S/C14H10ClN3/c15-13-9-12(11-7-4-8-16-11)17-14(18-13)10-5-2-1-3-6-10/h1-9,16H. The van der Waals surface area contributed by atoms with Crippen LogP contribution in [0.15, 0.2) is 54.7 Å². The highest BCUT2D eigenvalue weighted by atomic mass is 35.5. The molecule has 0 radical (unpaired) electrons. The first-order valence-electron chi connectivity index (χ1n) is 5.57. The van der Waals surface area contributed by atoms with Crippen molar-refractivity contribution in [3.05, 3.63) is 59.9 Å². The number of halogens is 1. The van der Waals surface area contributed by atoms with E-state index in [1.807, 2.05) is 48.7 Å². The SMILES string of the molecule is Clc1cc(-c2ccc[nH]2)nc(-c2ccccc2)n1. The molecule has 0 saturated heterocycles. The Labute approximate surface area is 109 Å². The molecule has 0 bridgehead atoms. The van der Waals surface area contributed by atoms with E-state index in [9.17, 15) is 0 Å². The van der Waals surface area contributed by atoms with Gasteiger partial charge in [-0.25, -0.2) is 9.97 Å². The van der Waals surface area contributed by atoms with Gasteiger partial charge in [0.1, 0.15) is 5.15 Å². The van der Waals surface area contributed by atoms with Gasteiger partial charge in [-0.05, 0) is 12.1 Å². The molecule has 0 spiro atoms. The van der Waals surface area contributed by atoms with Gasteiger partial charge in [0, 0.05) is 17.8 Å². The lowest BCUT2D eigenvalue weighted by Crippen LogP contribution is -1.92. The molecule has 3 nitrogen and oxygen atoms in total. The van der Waals surface area contributed by atoms with Gasteiger partial charge >= 0.3 is 0 Å². The second-order valence-corrected chi connectivity index (χ2v) is 4.24. The van der Waals surface area contributed by atoms with Gasteiger partial charge in [-0.1, -0.05) is 41.9 Å². The van der Waals surface area contributed by atoms with Crippen LogP contribution in [0.25, 0.3) is 22.8 Å². The Bertz CT molecular complexity index is 648. The molecule has 88 valence electrons. The van der Waals surface area contributed by atoms with Crippen LogP contribution < -0.4 is 0 Å². The first-order valence-corrected chi connectivity index (χ1v) is 5.94. The predicted octanol–water partition coefficient (Wildman–Crippen LogP) is 3.79. The van der Waals surface area contributed by atoms with Crippen LogP contribution >= 0.6 is 11.6 Å². The zero-order valence-corrected chi connectivity index (χ0v) is 10.2. The number of aromatic nitrogens is 3. The molecule has 0 unspecified atom stereocenters. The van der Waals surface area contributed by atoms with E-state index in [2.05, 4.69) is 15.0 Å². The fraction of sp³-hybridized carbons (Fsp3) is 0. The maximum atomic E-state index is 6.05. The highest BCUT2D eigenvalue weighted by Gasteiger charge is 2.07. The highest BCUT2D eigenvalue weighted by Crippen LogP contribution is 2.22. The Morgan fingerprint density at radius 2 is 1.78 bits per heavy atom. The largest absolute Gasteiger partial charge is 0.360 e. The van der Waals surface area contributed by atoms with Crippen LogP contribution in [0.2, 0.25) is 5.15 Å². The molecule has 3 rings (SSSR count). The number of rotatable bonds is 2. The quantitative estimate of drug-likeness (QED) is 0.708. The minimum Gasteiger partial charge on any atom is -0.360 e. The summed E-state index contributed by atoms with van der Waals surface area (Å²) in [7, 11) is 0. The van der Waals surface area contributed by atoms with E-state index in [4.69, 9.17) is 11.6 Å². The summed E-state index contributed by atoms with van der Waals surface area (Å²) < 4.78 is 0. The fourth-order valence-corrected chi connectivity index (χ4v) is 1.94. The molecule has 0 fully saturated rings. The van der Waals surface area contributed by atoms with Crippen LogP contribution in [-0.2, 0) is 0 Å². The minimum atomic E-state index is 0.438. The summed E-state index contributed by atoms with van der Waals surface area (Å²) in [5.41, 5.74) is 2.67. The molecule has 1 aromatic carbocycles. The maximum Gasteiger partial charge on any atom is 0.161 e. The summed E-state index contributed by atoms with van der Waals surface area (Å²) in [6.07, 6.45) is 1.85. The molecule has 2 aromatic heterocycles. The lowest BCUT2D eigenvalue weighted by Gasteiger charge is -2.04. The molecule has 0 aliphatic rings. The molecule has 2 heterocycles. The van der Waals surface area contributed by atoms with Crippen LogP contribution in [0.3, 0.4) is 0 Å². The van der Waals surface area contributed by atoms with Crippen molar-refractivity contribution in [2.24, 2.45) is 0 Å². The van der Waals surface area contributed by atoms with Gasteiger partial charge in [0.25, 0.3) is 0 Å². The first kappa shape index (κ1) is 11.0. The van der Waals surface area contributed by atoms with Crippen molar-refractivity contribution >= 4 is 11.6 Å². The Morgan fingerprint density at radius 1 is 0.944 bits per heavy atom. The number of hydrogen-bond donors (Lipinski definition) is 1. The van der Waals surface area contributed by atoms with Crippen LogP contribution in [0, 0.1) is 0 Å². The third-order valence-electron chi connectivity index (χ3n) is 2.60. The van der Waals surface area contributed by atoms with Gasteiger partial charge in [0.05, 0.1) is 11.4 Å². The van der Waals surface area contributed by atoms with Crippen LogP contribution in [0.5, 0.6) is 0 Å². The summed E-state index contributed by atoms with van der Waals surface area (Å²) in [6.45, 7) is 0. The Balaban J connectivity index is 2.12. The van der Waals surface area contributed by atoms with Crippen molar-refractivity contribution in [3.63, 3.8) is 0 Å². The van der Waals surface area contributed by atoms with Crippen LogP contribution in [0.1, 0.15) is 0 Å². The van der Waals surface area contributed by atoms with E-state index < -0.39 is 0 Å². The monoisotopic (exact) mass is 255 g/mol. The van der Waals surface area contributed by atoms with Crippen molar-refractivity contribution in [2.75, 3.05) is 0 Å². The van der Waals surface area contributed by atoms with E-state index in [1.54, 1.807) is 6.07 Å². The molecule has 4 heteroatoms. The highest BCUT2D eigenvalue weighted by molar-refractivity contribution is 6.29. The zero-order valence-electron chi connectivity index (χ0n) is 9.47. The molecule has 1 N–H and O–H groups in total.